The first-order valence-electron chi connectivity index (χ1n) is 6.41. The van der Waals surface area contributed by atoms with Crippen molar-refractivity contribution in [3.8, 4) is 0 Å². The van der Waals surface area contributed by atoms with E-state index in [1.54, 1.807) is 0 Å². The summed E-state index contributed by atoms with van der Waals surface area (Å²) in [4.78, 5) is 36.5. The second-order valence-corrected chi connectivity index (χ2v) is 4.46. The van der Waals surface area contributed by atoms with Crippen LogP contribution in [-0.4, -0.2) is 41.4 Å². The van der Waals surface area contributed by atoms with Crippen molar-refractivity contribution in [3.05, 3.63) is 0 Å². The molecule has 2 N–H and O–H groups in total. The maximum Gasteiger partial charge on any atom is 0.325 e. The van der Waals surface area contributed by atoms with E-state index in [9.17, 15) is 14.4 Å². The Kier molecular flexibility index (Phi) is 4.69. The van der Waals surface area contributed by atoms with E-state index in [4.69, 9.17) is 0 Å². The van der Waals surface area contributed by atoms with Crippen molar-refractivity contribution in [2.45, 2.75) is 45.6 Å². The van der Waals surface area contributed by atoms with Gasteiger partial charge >= 0.3 is 6.03 Å². The summed E-state index contributed by atoms with van der Waals surface area (Å²) in [5, 5.41) is 5.34. The molecule has 0 saturated carbocycles. The van der Waals surface area contributed by atoms with Crippen LogP contribution in [0.1, 0.15) is 40.0 Å². The standard InChI is InChI=1S/C12H21N3O3/c1-4-7-13-9(16)8-15-10(17)12(5-2,6-3)14-11(15)18/h4-8H2,1-3H3,(H,13,16)(H,14,18). The number of urea groups is 1. The molecule has 0 aromatic heterocycles. The summed E-state index contributed by atoms with van der Waals surface area (Å²) in [5.74, 6) is -0.604. The molecule has 1 rings (SSSR count). The average molecular weight is 255 g/mol. The second-order valence-electron chi connectivity index (χ2n) is 4.46. The van der Waals surface area contributed by atoms with Crippen molar-refractivity contribution in [2.75, 3.05) is 13.1 Å². The Morgan fingerprint density at radius 1 is 1.28 bits per heavy atom. The zero-order valence-corrected chi connectivity index (χ0v) is 11.2. The van der Waals surface area contributed by atoms with Gasteiger partial charge in [0, 0.05) is 6.54 Å². The first kappa shape index (κ1) is 14.5. The predicted octanol–water partition coefficient (Wildman–Crippen LogP) is 0.623. The van der Waals surface area contributed by atoms with Gasteiger partial charge in [-0.25, -0.2) is 4.79 Å². The van der Waals surface area contributed by atoms with Gasteiger partial charge in [0.1, 0.15) is 12.1 Å². The Morgan fingerprint density at radius 3 is 2.33 bits per heavy atom. The fourth-order valence-corrected chi connectivity index (χ4v) is 2.01. The van der Waals surface area contributed by atoms with Crippen LogP contribution in [0.3, 0.4) is 0 Å². The number of carbonyl (C=O) groups is 3. The minimum absolute atomic E-state index is 0.202. The molecule has 0 aliphatic carbocycles. The Balaban J connectivity index is 2.70. The second kappa shape index (κ2) is 5.84. The summed E-state index contributed by atoms with van der Waals surface area (Å²) in [6, 6.07) is -0.477. The monoisotopic (exact) mass is 255 g/mol. The van der Waals surface area contributed by atoms with Gasteiger partial charge in [-0.3, -0.25) is 14.5 Å². The zero-order chi connectivity index (χ0) is 13.8. The Hall–Kier alpha value is -1.59. The number of nitrogens with one attached hydrogen (secondary N) is 2. The van der Waals surface area contributed by atoms with Gasteiger partial charge in [-0.2, -0.15) is 0 Å². The largest absolute Gasteiger partial charge is 0.355 e. The molecule has 1 aliphatic rings. The molecule has 1 saturated heterocycles. The third-order valence-corrected chi connectivity index (χ3v) is 3.33. The zero-order valence-electron chi connectivity index (χ0n) is 11.2. The van der Waals surface area contributed by atoms with Gasteiger partial charge in [-0.1, -0.05) is 20.8 Å². The summed E-state index contributed by atoms with van der Waals surface area (Å²) in [5.41, 5.74) is -0.831. The predicted molar refractivity (Wildman–Crippen MR) is 66.9 cm³/mol. The van der Waals surface area contributed by atoms with Crippen molar-refractivity contribution in [2.24, 2.45) is 0 Å². The van der Waals surface area contributed by atoms with Gasteiger partial charge in [0.25, 0.3) is 5.91 Å². The van der Waals surface area contributed by atoms with E-state index in [1.807, 2.05) is 20.8 Å². The third kappa shape index (κ3) is 2.63. The number of hydrogen-bond donors (Lipinski definition) is 2. The molecular weight excluding hydrogens is 234 g/mol. The van der Waals surface area contributed by atoms with Crippen LogP contribution in [0.25, 0.3) is 0 Å². The number of hydrogen-bond acceptors (Lipinski definition) is 3. The highest BCUT2D eigenvalue weighted by molar-refractivity contribution is 6.08. The Bertz CT molecular complexity index is 350. The van der Waals surface area contributed by atoms with Gasteiger partial charge in [-0.15, -0.1) is 0 Å². The molecule has 0 aromatic carbocycles. The van der Waals surface area contributed by atoms with Gasteiger partial charge in [-0.05, 0) is 19.3 Å². The van der Waals surface area contributed by atoms with Gasteiger partial charge < -0.3 is 10.6 Å². The lowest BCUT2D eigenvalue weighted by Gasteiger charge is -2.22. The lowest BCUT2D eigenvalue weighted by Crippen LogP contribution is -2.46. The van der Waals surface area contributed by atoms with E-state index >= 15 is 0 Å². The summed E-state index contributed by atoms with van der Waals surface area (Å²) in [6.07, 6.45) is 1.88. The topological polar surface area (TPSA) is 78.5 Å². The third-order valence-electron chi connectivity index (χ3n) is 3.33. The Morgan fingerprint density at radius 2 is 1.89 bits per heavy atom. The van der Waals surface area contributed by atoms with E-state index in [1.165, 1.54) is 0 Å². The maximum atomic E-state index is 12.2. The van der Waals surface area contributed by atoms with E-state index in [0.29, 0.717) is 19.4 Å². The van der Waals surface area contributed by atoms with Crippen LogP contribution in [0.4, 0.5) is 4.79 Å². The molecule has 6 heteroatoms. The highest BCUT2D eigenvalue weighted by atomic mass is 16.2. The van der Waals surface area contributed by atoms with Crippen molar-refractivity contribution >= 4 is 17.8 Å². The van der Waals surface area contributed by atoms with E-state index in [-0.39, 0.29) is 18.4 Å². The van der Waals surface area contributed by atoms with E-state index < -0.39 is 11.6 Å². The van der Waals surface area contributed by atoms with E-state index in [2.05, 4.69) is 10.6 Å². The number of rotatable bonds is 6. The number of nitrogens with zero attached hydrogens (tertiary/aromatic N) is 1. The lowest BCUT2D eigenvalue weighted by atomic mass is 9.93. The molecule has 0 aromatic rings. The van der Waals surface area contributed by atoms with Gasteiger partial charge in [0.2, 0.25) is 5.91 Å². The molecule has 6 nitrogen and oxygen atoms in total. The molecule has 0 bridgehead atoms. The van der Waals surface area contributed by atoms with Crippen LogP contribution >= 0.6 is 0 Å². The molecule has 1 heterocycles. The molecule has 102 valence electrons. The minimum atomic E-state index is -0.831. The molecule has 1 aliphatic heterocycles. The van der Waals surface area contributed by atoms with E-state index in [0.717, 1.165) is 11.3 Å². The first-order chi connectivity index (χ1) is 8.50. The summed E-state index contributed by atoms with van der Waals surface area (Å²) in [6.45, 7) is 5.99. The highest BCUT2D eigenvalue weighted by Gasteiger charge is 2.49. The van der Waals surface area contributed by atoms with Crippen molar-refractivity contribution in [1.82, 2.24) is 15.5 Å². The number of amides is 4. The fraction of sp³-hybridized carbons (Fsp3) is 0.750. The molecule has 0 atom stereocenters. The normalized spacial score (nSPS) is 17.8. The van der Waals surface area contributed by atoms with Crippen LogP contribution in [0.15, 0.2) is 0 Å². The maximum absolute atomic E-state index is 12.2. The molecular formula is C12H21N3O3. The molecule has 1 fully saturated rings. The van der Waals surface area contributed by atoms with Crippen molar-refractivity contribution in [3.63, 3.8) is 0 Å². The SMILES string of the molecule is CCCNC(=O)CN1C(=O)NC(CC)(CC)C1=O. The smallest absolute Gasteiger partial charge is 0.325 e. The first-order valence-corrected chi connectivity index (χ1v) is 6.41. The lowest BCUT2D eigenvalue weighted by molar-refractivity contribution is -0.135. The summed E-state index contributed by atoms with van der Waals surface area (Å²) >= 11 is 0. The van der Waals surface area contributed by atoms with Crippen LogP contribution in [0.2, 0.25) is 0 Å². The van der Waals surface area contributed by atoms with Crippen molar-refractivity contribution in [1.29, 1.82) is 0 Å². The van der Waals surface area contributed by atoms with Crippen molar-refractivity contribution < 1.29 is 14.4 Å². The molecule has 0 unspecified atom stereocenters. The Labute approximate surface area is 107 Å². The fourth-order valence-electron chi connectivity index (χ4n) is 2.01. The molecule has 0 radical (unpaired) electrons. The number of imide groups is 1. The molecule has 0 spiro atoms. The quantitative estimate of drug-likeness (QED) is 0.683. The van der Waals surface area contributed by atoms with Gasteiger partial charge in [0.05, 0.1) is 0 Å². The van der Waals surface area contributed by atoms with Gasteiger partial charge in [0.15, 0.2) is 0 Å². The average Bonchev–Trinajstić information content (AvgIpc) is 2.61. The summed E-state index contributed by atoms with van der Waals surface area (Å²) < 4.78 is 0. The molecule has 18 heavy (non-hydrogen) atoms. The van der Waals surface area contributed by atoms with Crippen LogP contribution < -0.4 is 10.6 Å². The van der Waals surface area contributed by atoms with Crippen LogP contribution in [0.5, 0.6) is 0 Å². The highest BCUT2D eigenvalue weighted by Crippen LogP contribution is 2.24. The molecule has 4 amide bonds. The van der Waals surface area contributed by atoms with Crippen LogP contribution in [0, 0.1) is 0 Å². The number of carbonyl (C=O) groups excluding carboxylic acids is 3. The van der Waals surface area contributed by atoms with Crippen LogP contribution in [-0.2, 0) is 9.59 Å². The summed E-state index contributed by atoms with van der Waals surface area (Å²) in [7, 11) is 0. The minimum Gasteiger partial charge on any atom is -0.355 e.